The first-order valence-corrected chi connectivity index (χ1v) is 13.5. The van der Waals surface area contributed by atoms with Crippen LogP contribution in [0.3, 0.4) is 0 Å². The molecule has 0 radical (unpaired) electrons. The Hall–Kier alpha value is -3.24. The second-order valence-corrected chi connectivity index (χ2v) is 10.4. The minimum Gasteiger partial charge on any atom is -0.508 e. The summed E-state index contributed by atoms with van der Waals surface area (Å²) in [5.74, 6) is -0.718. The number of amides is 3. The molecule has 0 saturated heterocycles. The Morgan fingerprint density at radius 3 is 2.30 bits per heavy atom. The van der Waals surface area contributed by atoms with Gasteiger partial charge in [-0.3, -0.25) is 9.59 Å². The Bertz CT molecular complexity index is 1030. The monoisotopic (exact) mass is 531 g/mol. The number of nitrogens with one attached hydrogen (secondary N) is 2. The predicted molar refractivity (Wildman–Crippen MR) is 144 cm³/mol. The fraction of sp³-hybridized carbons (Fsp3) is 0.444. The maximum Gasteiger partial charge on any atom is 0.408 e. The van der Waals surface area contributed by atoms with Crippen molar-refractivity contribution in [2.45, 2.75) is 51.4 Å². The van der Waals surface area contributed by atoms with E-state index < -0.39 is 42.2 Å². The van der Waals surface area contributed by atoms with Gasteiger partial charge in [-0.25, -0.2) is 4.79 Å². The van der Waals surface area contributed by atoms with Crippen LogP contribution < -0.4 is 10.6 Å². The number of hydrogen-bond donors (Lipinski definition) is 4. The summed E-state index contributed by atoms with van der Waals surface area (Å²) in [5.41, 5.74) is 0.296. The first-order chi connectivity index (χ1) is 17.6. The molecule has 0 aliphatic heterocycles. The van der Waals surface area contributed by atoms with E-state index in [0.29, 0.717) is 5.75 Å². The number of aliphatic hydroxyl groups is 1. The summed E-state index contributed by atoms with van der Waals surface area (Å²) in [6, 6.07) is 13.3. The van der Waals surface area contributed by atoms with Crippen molar-refractivity contribution in [2.75, 3.05) is 25.2 Å². The quantitative estimate of drug-likeness (QED) is 0.331. The molecule has 0 aromatic heterocycles. The van der Waals surface area contributed by atoms with E-state index in [9.17, 15) is 24.6 Å². The highest BCUT2D eigenvalue weighted by Gasteiger charge is 2.37. The van der Waals surface area contributed by atoms with Crippen molar-refractivity contribution < 1.29 is 29.3 Å². The number of phenolic OH excluding ortho intramolecular Hbond substituents is 1. The standard InChI is InChI=1S/C27H37N3O6S/c1-27(2,3)36-26(35)29-21(14-17-37-4)25(34)30(15-16-31)23(20-12-8-9-13-22(20)32)24(33)28-18-19-10-6-5-7-11-19/h5-13,21,23,31-32H,14-18H2,1-4H3,(H,28,33)(H,29,35). The van der Waals surface area contributed by atoms with Gasteiger partial charge >= 0.3 is 6.09 Å². The fourth-order valence-electron chi connectivity index (χ4n) is 3.67. The number of rotatable bonds is 12. The van der Waals surface area contributed by atoms with Crippen molar-refractivity contribution in [2.24, 2.45) is 0 Å². The van der Waals surface area contributed by atoms with Crippen LogP contribution in [0.5, 0.6) is 5.75 Å². The predicted octanol–water partition coefficient (Wildman–Crippen LogP) is 3.22. The molecular formula is C27H37N3O6S. The van der Waals surface area contributed by atoms with Gasteiger partial charge in [0.05, 0.1) is 6.61 Å². The molecule has 9 nitrogen and oxygen atoms in total. The van der Waals surface area contributed by atoms with Gasteiger partial charge in [0, 0.05) is 18.7 Å². The lowest BCUT2D eigenvalue weighted by atomic mass is 10.0. The Morgan fingerprint density at radius 2 is 1.70 bits per heavy atom. The minimum absolute atomic E-state index is 0.168. The van der Waals surface area contributed by atoms with Crippen LogP contribution in [0.4, 0.5) is 4.79 Å². The van der Waals surface area contributed by atoms with Crippen molar-refractivity contribution >= 4 is 29.7 Å². The summed E-state index contributed by atoms with van der Waals surface area (Å²) in [6.07, 6.45) is 1.39. The highest BCUT2D eigenvalue weighted by molar-refractivity contribution is 7.98. The summed E-state index contributed by atoms with van der Waals surface area (Å²) in [6.45, 7) is 4.74. The van der Waals surface area contributed by atoms with Crippen molar-refractivity contribution in [3.8, 4) is 5.75 Å². The van der Waals surface area contributed by atoms with Crippen molar-refractivity contribution in [1.82, 2.24) is 15.5 Å². The largest absolute Gasteiger partial charge is 0.508 e. The van der Waals surface area contributed by atoms with E-state index in [-0.39, 0.29) is 30.8 Å². The molecule has 0 heterocycles. The van der Waals surface area contributed by atoms with Crippen LogP contribution in [0.1, 0.15) is 44.4 Å². The molecule has 0 fully saturated rings. The normalized spacial score (nSPS) is 12.8. The van der Waals surface area contributed by atoms with Gasteiger partial charge in [0.2, 0.25) is 11.8 Å². The van der Waals surface area contributed by atoms with E-state index in [0.717, 1.165) is 5.56 Å². The van der Waals surface area contributed by atoms with Gasteiger partial charge in [-0.1, -0.05) is 48.5 Å². The number of alkyl carbamates (subject to hydrolysis) is 1. The number of hydrogen-bond acceptors (Lipinski definition) is 7. The number of para-hydroxylation sites is 1. The molecule has 4 N–H and O–H groups in total. The van der Waals surface area contributed by atoms with Gasteiger partial charge < -0.3 is 30.5 Å². The Balaban J connectivity index is 2.41. The van der Waals surface area contributed by atoms with Crippen LogP contribution in [0.2, 0.25) is 0 Å². The Labute approximate surface area is 222 Å². The first kappa shape index (κ1) is 30.0. The zero-order valence-corrected chi connectivity index (χ0v) is 22.6. The molecule has 202 valence electrons. The molecule has 10 heteroatoms. The number of ether oxygens (including phenoxy) is 1. The molecule has 2 aromatic carbocycles. The SMILES string of the molecule is CSCCC(NC(=O)OC(C)(C)C)C(=O)N(CCO)C(C(=O)NCc1ccccc1)c1ccccc1O. The number of phenols is 1. The van der Waals surface area contributed by atoms with Gasteiger partial charge in [0.25, 0.3) is 0 Å². The lowest BCUT2D eigenvalue weighted by molar-refractivity contribution is -0.143. The van der Waals surface area contributed by atoms with Crippen LogP contribution in [-0.2, 0) is 20.9 Å². The van der Waals surface area contributed by atoms with Gasteiger partial charge in [-0.05, 0) is 50.8 Å². The van der Waals surface area contributed by atoms with Gasteiger partial charge in [-0.2, -0.15) is 11.8 Å². The number of benzene rings is 2. The number of aliphatic hydroxyl groups excluding tert-OH is 1. The minimum atomic E-state index is -1.25. The molecule has 2 aromatic rings. The Kier molecular flexibility index (Phi) is 11.7. The lowest BCUT2D eigenvalue weighted by Crippen LogP contribution is -2.53. The smallest absolute Gasteiger partial charge is 0.408 e. The summed E-state index contributed by atoms with van der Waals surface area (Å²) in [5, 5.41) is 25.9. The van der Waals surface area contributed by atoms with Crippen molar-refractivity contribution in [1.29, 1.82) is 0 Å². The molecule has 2 atom stereocenters. The van der Waals surface area contributed by atoms with Gasteiger partial charge in [0.1, 0.15) is 23.4 Å². The number of thioether (sulfide) groups is 1. The van der Waals surface area contributed by atoms with Gasteiger partial charge in [-0.15, -0.1) is 0 Å². The number of nitrogens with zero attached hydrogens (tertiary/aromatic N) is 1. The third-order valence-corrected chi connectivity index (χ3v) is 5.97. The second-order valence-electron chi connectivity index (χ2n) is 9.40. The summed E-state index contributed by atoms with van der Waals surface area (Å²) < 4.78 is 5.34. The molecule has 0 aliphatic carbocycles. The highest BCUT2D eigenvalue weighted by atomic mass is 32.2. The molecule has 0 saturated carbocycles. The lowest BCUT2D eigenvalue weighted by Gasteiger charge is -2.34. The van der Waals surface area contributed by atoms with E-state index in [1.54, 1.807) is 39.0 Å². The third kappa shape index (κ3) is 9.62. The zero-order valence-electron chi connectivity index (χ0n) is 21.8. The molecule has 0 spiro atoms. The summed E-state index contributed by atoms with van der Waals surface area (Å²) in [7, 11) is 0. The molecule has 2 unspecified atom stereocenters. The first-order valence-electron chi connectivity index (χ1n) is 12.1. The van der Waals surface area contributed by atoms with E-state index in [2.05, 4.69) is 10.6 Å². The van der Waals surface area contributed by atoms with Crippen LogP contribution in [0.25, 0.3) is 0 Å². The highest BCUT2D eigenvalue weighted by Crippen LogP contribution is 2.30. The van der Waals surface area contributed by atoms with Crippen LogP contribution in [-0.4, -0.2) is 69.8 Å². The number of carbonyl (C=O) groups excluding carboxylic acids is 3. The summed E-state index contributed by atoms with van der Waals surface area (Å²) in [4.78, 5) is 41.1. The van der Waals surface area contributed by atoms with Crippen molar-refractivity contribution in [3.05, 3.63) is 65.7 Å². The topological polar surface area (TPSA) is 128 Å². The molecule has 0 aliphatic rings. The van der Waals surface area contributed by atoms with Crippen LogP contribution >= 0.6 is 11.8 Å². The van der Waals surface area contributed by atoms with E-state index in [1.807, 2.05) is 36.6 Å². The average molecular weight is 532 g/mol. The van der Waals surface area contributed by atoms with Gasteiger partial charge in [0.15, 0.2) is 0 Å². The third-order valence-electron chi connectivity index (χ3n) is 5.32. The molecule has 2 rings (SSSR count). The second kappa shape index (κ2) is 14.5. The maximum atomic E-state index is 13.8. The molecule has 37 heavy (non-hydrogen) atoms. The number of aromatic hydroxyl groups is 1. The Morgan fingerprint density at radius 1 is 1.05 bits per heavy atom. The number of carbonyl (C=O) groups is 3. The van der Waals surface area contributed by atoms with Crippen LogP contribution in [0, 0.1) is 0 Å². The average Bonchev–Trinajstić information content (AvgIpc) is 2.85. The molecular weight excluding hydrogens is 494 g/mol. The van der Waals surface area contributed by atoms with Crippen molar-refractivity contribution in [3.63, 3.8) is 0 Å². The van der Waals surface area contributed by atoms with E-state index in [1.165, 1.54) is 22.7 Å². The van der Waals surface area contributed by atoms with E-state index in [4.69, 9.17) is 4.74 Å². The molecule has 0 bridgehead atoms. The molecule has 3 amide bonds. The van der Waals surface area contributed by atoms with Crippen LogP contribution in [0.15, 0.2) is 54.6 Å². The fourth-order valence-corrected chi connectivity index (χ4v) is 4.14. The maximum absolute atomic E-state index is 13.8. The van der Waals surface area contributed by atoms with E-state index >= 15 is 0 Å². The summed E-state index contributed by atoms with van der Waals surface area (Å²) >= 11 is 1.50. The zero-order chi connectivity index (χ0) is 27.4.